The molecule has 0 bridgehead atoms. The van der Waals surface area contributed by atoms with Gasteiger partial charge < -0.3 is 10.3 Å². The summed E-state index contributed by atoms with van der Waals surface area (Å²) in [5.41, 5.74) is -0.00576. The van der Waals surface area contributed by atoms with Gasteiger partial charge in [0.1, 0.15) is 5.69 Å². The minimum atomic E-state index is -0.289. The van der Waals surface area contributed by atoms with Gasteiger partial charge in [0, 0.05) is 16.6 Å². The number of aromatic amines is 1. The number of hydrogen-bond acceptors (Lipinski definition) is 2. The summed E-state index contributed by atoms with van der Waals surface area (Å²) >= 11 is 3.24. The third-order valence-corrected chi connectivity index (χ3v) is 2.94. The number of halogens is 1. The van der Waals surface area contributed by atoms with E-state index in [-0.39, 0.29) is 23.1 Å². The molecule has 0 unspecified atom stereocenters. The Morgan fingerprint density at radius 2 is 2.12 bits per heavy atom. The van der Waals surface area contributed by atoms with E-state index in [0.717, 1.165) is 17.3 Å². The zero-order valence-electron chi connectivity index (χ0n) is 9.34. The Hall–Kier alpha value is -1.10. The highest BCUT2D eigenvalue weighted by Crippen LogP contribution is 2.13. The van der Waals surface area contributed by atoms with Crippen molar-refractivity contribution >= 4 is 27.5 Å². The van der Waals surface area contributed by atoms with Crippen molar-refractivity contribution < 1.29 is 4.79 Å². The maximum atomic E-state index is 11.8. The number of pyridine rings is 1. The molecule has 0 aliphatic heterocycles. The van der Waals surface area contributed by atoms with Crippen molar-refractivity contribution in [3.8, 4) is 0 Å². The first-order valence-electron chi connectivity index (χ1n) is 5.27. The SMILES string of the molecule is CCC(CC)C(=O)Nc1cc(Br)c[nH]c1=O. The third-order valence-electron chi connectivity index (χ3n) is 2.48. The molecule has 0 aromatic carbocycles. The predicted molar refractivity (Wildman–Crippen MR) is 67.5 cm³/mol. The molecule has 2 N–H and O–H groups in total. The van der Waals surface area contributed by atoms with Crippen molar-refractivity contribution in [2.24, 2.45) is 5.92 Å². The van der Waals surface area contributed by atoms with Crippen LogP contribution in [-0.4, -0.2) is 10.9 Å². The fraction of sp³-hybridized carbons (Fsp3) is 0.455. The molecule has 0 fully saturated rings. The second-order valence-corrected chi connectivity index (χ2v) is 4.48. The van der Waals surface area contributed by atoms with Gasteiger partial charge >= 0.3 is 0 Å². The summed E-state index contributed by atoms with van der Waals surface area (Å²) < 4.78 is 0.729. The quantitative estimate of drug-likeness (QED) is 0.893. The molecule has 16 heavy (non-hydrogen) atoms. The van der Waals surface area contributed by atoms with Crippen LogP contribution < -0.4 is 10.9 Å². The molecule has 1 rings (SSSR count). The summed E-state index contributed by atoms with van der Waals surface area (Å²) in [4.78, 5) is 25.7. The molecule has 0 saturated heterocycles. The molecule has 0 aliphatic rings. The second-order valence-electron chi connectivity index (χ2n) is 3.56. The van der Waals surface area contributed by atoms with Crippen LogP contribution in [0.2, 0.25) is 0 Å². The van der Waals surface area contributed by atoms with Gasteiger partial charge in [-0.1, -0.05) is 13.8 Å². The average molecular weight is 287 g/mol. The average Bonchev–Trinajstić information content (AvgIpc) is 2.25. The van der Waals surface area contributed by atoms with Gasteiger partial charge in [0.2, 0.25) is 5.91 Å². The summed E-state index contributed by atoms with van der Waals surface area (Å²) in [5.74, 6) is -0.146. The number of aromatic nitrogens is 1. The lowest BCUT2D eigenvalue weighted by Crippen LogP contribution is -2.25. The Bertz CT molecular complexity index is 424. The van der Waals surface area contributed by atoms with Gasteiger partial charge in [-0.2, -0.15) is 0 Å². The van der Waals surface area contributed by atoms with Crippen molar-refractivity contribution in [2.45, 2.75) is 26.7 Å². The molecule has 0 atom stereocenters. The van der Waals surface area contributed by atoms with Gasteiger partial charge in [0.05, 0.1) is 0 Å². The van der Waals surface area contributed by atoms with E-state index in [4.69, 9.17) is 0 Å². The molecular formula is C11H15BrN2O2. The topological polar surface area (TPSA) is 62.0 Å². The summed E-state index contributed by atoms with van der Waals surface area (Å²) in [7, 11) is 0. The first-order chi connectivity index (χ1) is 7.58. The highest BCUT2D eigenvalue weighted by Gasteiger charge is 2.15. The Labute approximate surface area is 103 Å². The number of rotatable bonds is 4. The Kier molecular flexibility index (Phi) is 4.73. The molecule has 4 nitrogen and oxygen atoms in total. The van der Waals surface area contributed by atoms with E-state index >= 15 is 0 Å². The van der Waals surface area contributed by atoms with E-state index in [0.29, 0.717) is 0 Å². The summed E-state index contributed by atoms with van der Waals surface area (Å²) in [6, 6.07) is 1.60. The van der Waals surface area contributed by atoms with Gasteiger partial charge in [-0.05, 0) is 34.8 Å². The highest BCUT2D eigenvalue weighted by molar-refractivity contribution is 9.10. The van der Waals surface area contributed by atoms with Gasteiger partial charge in [-0.15, -0.1) is 0 Å². The van der Waals surface area contributed by atoms with Crippen LogP contribution in [0.3, 0.4) is 0 Å². The fourth-order valence-electron chi connectivity index (χ4n) is 1.44. The zero-order valence-corrected chi connectivity index (χ0v) is 10.9. The molecule has 1 aromatic heterocycles. The van der Waals surface area contributed by atoms with Crippen molar-refractivity contribution in [1.82, 2.24) is 4.98 Å². The van der Waals surface area contributed by atoms with Crippen LogP contribution in [0, 0.1) is 5.92 Å². The van der Waals surface area contributed by atoms with Crippen molar-refractivity contribution in [3.05, 3.63) is 27.1 Å². The number of hydrogen-bond donors (Lipinski definition) is 2. The van der Waals surface area contributed by atoms with Crippen LogP contribution in [0.15, 0.2) is 21.5 Å². The molecule has 0 saturated carbocycles. The summed E-state index contributed by atoms with van der Waals surface area (Å²) in [5, 5.41) is 2.64. The smallest absolute Gasteiger partial charge is 0.271 e. The predicted octanol–water partition coefficient (Wildman–Crippen LogP) is 2.51. The first kappa shape index (κ1) is 13.0. The molecule has 1 amide bonds. The molecule has 0 aliphatic carbocycles. The van der Waals surface area contributed by atoms with E-state index < -0.39 is 0 Å². The van der Waals surface area contributed by atoms with E-state index in [1.807, 2.05) is 13.8 Å². The zero-order chi connectivity index (χ0) is 12.1. The molecule has 5 heteroatoms. The largest absolute Gasteiger partial charge is 0.326 e. The van der Waals surface area contributed by atoms with E-state index in [2.05, 4.69) is 26.2 Å². The first-order valence-corrected chi connectivity index (χ1v) is 6.06. The molecule has 88 valence electrons. The van der Waals surface area contributed by atoms with Gasteiger partial charge in [0.25, 0.3) is 5.56 Å². The molecular weight excluding hydrogens is 272 g/mol. The van der Waals surface area contributed by atoms with Crippen LogP contribution >= 0.6 is 15.9 Å². The number of amides is 1. The minimum absolute atomic E-state index is 0.0432. The molecule has 0 radical (unpaired) electrons. The lowest BCUT2D eigenvalue weighted by atomic mass is 10.0. The lowest BCUT2D eigenvalue weighted by Gasteiger charge is -2.12. The maximum Gasteiger partial charge on any atom is 0.271 e. The Morgan fingerprint density at radius 1 is 1.50 bits per heavy atom. The number of anilines is 1. The lowest BCUT2D eigenvalue weighted by molar-refractivity contribution is -0.120. The van der Waals surface area contributed by atoms with E-state index in [1.165, 1.54) is 6.20 Å². The fourth-order valence-corrected chi connectivity index (χ4v) is 1.79. The van der Waals surface area contributed by atoms with Crippen molar-refractivity contribution in [2.75, 3.05) is 5.32 Å². The Balaban J connectivity index is 2.84. The van der Waals surface area contributed by atoms with Gasteiger partial charge in [0.15, 0.2) is 0 Å². The molecule has 1 heterocycles. The summed E-state index contributed by atoms with van der Waals surface area (Å²) in [6.45, 7) is 3.91. The number of carbonyl (C=O) groups excluding carboxylic acids is 1. The van der Waals surface area contributed by atoms with E-state index in [1.54, 1.807) is 6.07 Å². The number of carbonyl (C=O) groups is 1. The number of nitrogens with one attached hydrogen (secondary N) is 2. The molecule has 0 spiro atoms. The summed E-state index contributed by atoms with van der Waals surface area (Å²) in [6.07, 6.45) is 3.08. The minimum Gasteiger partial charge on any atom is -0.326 e. The monoisotopic (exact) mass is 286 g/mol. The van der Waals surface area contributed by atoms with Crippen molar-refractivity contribution in [1.29, 1.82) is 0 Å². The third kappa shape index (κ3) is 3.20. The van der Waals surface area contributed by atoms with Gasteiger partial charge in [-0.3, -0.25) is 9.59 Å². The highest BCUT2D eigenvalue weighted by atomic mass is 79.9. The Morgan fingerprint density at radius 3 is 2.69 bits per heavy atom. The standard InChI is InChI=1S/C11H15BrN2O2/c1-3-7(4-2)10(15)14-9-5-8(12)6-13-11(9)16/h5-7H,3-4H2,1-2H3,(H,13,16)(H,14,15). The van der Waals surface area contributed by atoms with Crippen LogP contribution in [0.25, 0.3) is 0 Å². The van der Waals surface area contributed by atoms with E-state index in [9.17, 15) is 9.59 Å². The maximum absolute atomic E-state index is 11.8. The second kappa shape index (κ2) is 5.84. The normalized spacial score (nSPS) is 10.5. The van der Waals surface area contributed by atoms with Gasteiger partial charge in [-0.25, -0.2) is 0 Å². The van der Waals surface area contributed by atoms with Crippen LogP contribution in [0.4, 0.5) is 5.69 Å². The van der Waals surface area contributed by atoms with Crippen molar-refractivity contribution in [3.63, 3.8) is 0 Å². The number of H-pyrrole nitrogens is 1. The molecule has 1 aromatic rings. The van der Waals surface area contributed by atoms with Crippen LogP contribution in [-0.2, 0) is 4.79 Å². The van der Waals surface area contributed by atoms with Crippen LogP contribution in [0.1, 0.15) is 26.7 Å². The van der Waals surface area contributed by atoms with Crippen LogP contribution in [0.5, 0.6) is 0 Å².